The number of likely N-dealkylation sites (tertiary alicyclic amines) is 1. The van der Waals surface area contributed by atoms with Crippen molar-refractivity contribution in [3.05, 3.63) is 41.5 Å². The molecular weight excluding hydrogens is 280 g/mol. The predicted molar refractivity (Wildman–Crippen MR) is 80.8 cm³/mol. The first-order chi connectivity index (χ1) is 10.7. The maximum Gasteiger partial charge on any atom is 0.321 e. The van der Waals surface area contributed by atoms with E-state index in [0.29, 0.717) is 24.9 Å². The minimum Gasteiger partial charge on any atom is -0.339 e. The highest BCUT2D eigenvalue weighted by Gasteiger charge is 2.37. The summed E-state index contributed by atoms with van der Waals surface area (Å²) in [5.74, 6) is 2.17. The van der Waals surface area contributed by atoms with Gasteiger partial charge in [-0.3, -0.25) is 0 Å². The van der Waals surface area contributed by atoms with E-state index in [9.17, 15) is 4.79 Å². The van der Waals surface area contributed by atoms with E-state index in [1.54, 1.807) is 4.90 Å². The fourth-order valence-electron chi connectivity index (χ4n) is 2.65. The van der Waals surface area contributed by atoms with E-state index in [1.807, 2.05) is 31.2 Å². The molecule has 0 unspecified atom stereocenters. The number of anilines is 1. The van der Waals surface area contributed by atoms with Crippen molar-refractivity contribution in [2.24, 2.45) is 0 Å². The van der Waals surface area contributed by atoms with Gasteiger partial charge in [0, 0.05) is 24.7 Å². The smallest absolute Gasteiger partial charge is 0.321 e. The van der Waals surface area contributed by atoms with Crippen LogP contribution in [-0.2, 0) is 0 Å². The number of rotatable bonds is 3. The summed E-state index contributed by atoms with van der Waals surface area (Å²) in [5.41, 5.74) is 1.94. The second-order valence-corrected chi connectivity index (χ2v) is 6.17. The third-order valence-corrected chi connectivity index (χ3v) is 4.19. The molecule has 2 amide bonds. The van der Waals surface area contributed by atoms with Gasteiger partial charge in [0.25, 0.3) is 0 Å². The Morgan fingerprint density at radius 2 is 2.14 bits per heavy atom. The summed E-state index contributed by atoms with van der Waals surface area (Å²) in [7, 11) is 0. The number of hydrogen-bond acceptors (Lipinski definition) is 4. The maximum absolute atomic E-state index is 12.2. The van der Waals surface area contributed by atoms with E-state index < -0.39 is 0 Å². The SMILES string of the molecule is Cc1cccc(NC(=O)N2CC(c3nc(C4CC4)no3)C2)c1. The highest BCUT2D eigenvalue weighted by molar-refractivity contribution is 5.90. The summed E-state index contributed by atoms with van der Waals surface area (Å²) in [6.45, 7) is 3.26. The third-order valence-electron chi connectivity index (χ3n) is 4.19. The summed E-state index contributed by atoms with van der Waals surface area (Å²) in [5, 5.41) is 6.93. The van der Waals surface area contributed by atoms with Crippen molar-refractivity contribution in [1.82, 2.24) is 15.0 Å². The van der Waals surface area contributed by atoms with Crippen molar-refractivity contribution in [1.29, 1.82) is 0 Å². The van der Waals surface area contributed by atoms with Gasteiger partial charge in [-0.25, -0.2) is 4.79 Å². The van der Waals surface area contributed by atoms with Gasteiger partial charge in [-0.05, 0) is 37.5 Å². The first-order valence-electron chi connectivity index (χ1n) is 7.65. The number of benzene rings is 1. The number of hydrogen-bond donors (Lipinski definition) is 1. The maximum atomic E-state index is 12.2. The second kappa shape index (κ2) is 5.12. The highest BCUT2D eigenvalue weighted by Crippen LogP contribution is 2.39. The number of urea groups is 1. The van der Waals surface area contributed by atoms with Crippen LogP contribution in [-0.4, -0.2) is 34.2 Å². The van der Waals surface area contributed by atoms with E-state index in [-0.39, 0.29) is 11.9 Å². The minimum atomic E-state index is -0.0798. The molecule has 0 spiro atoms. The van der Waals surface area contributed by atoms with Crippen LogP contribution in [0.5, 0.6) is 0 Å². The Hall–Kier alpha value is -2.37. The molecule has 22 heavy (non-hydrogen) atoms. The van der Waals surface area contributed by atoms with Crippen molar-refractivity contribution >= 4 is 11.7 Å². The normalized spacial score (nSPS) is 18.1. The molecule has 2 aromatic rings. The second-order valence-electron chi connectivity index (χ2n) is 6.17. The first-order valence-corrected chi connectivity index (χ1v) is 7.65. The molecule has 4 rings (SSSR count). The summed E-state index contributed by atoms with van der Waals surface area (Å²) in [6, 6.07) is 7.70. The third kappa shape index (κ3) is 2.56. The highest BCUT2D eigenvalue weighted by atomic mass is 16.5. The van der Waals surface area contributed by atoms with Crippen molar-refractivity contribution in [2.45, 2.75) is 31.6 Å². The molecule has 1 saturated carbocycles. The van der Waals surface area contributed by atoms with Crippen molar-refractivity contribution in [2.75, 3.05) is 18.4 Å². The number of amides is 2. The average Bonchev–Trinajstić information content (AvgIpc) is 3.17. The fourth-order valence-corrected chi connectivity index (χ4v) is 2.65. The molecule has 0 radical (unpaired) electrons. The van der Waals surface area contributed by atoms with Crippen LogP contribution in [0, 0.1) is 6.92 Å². The van der Waals surface area contributed by atoms with Crippen LogP contribution in [0.2, 0.25) is 0 Å². The van der Waals surface area contributed by atoms with Gasteiger partial charge in [0.15, 0.2) is 5.82 Å². The molecule has 2 heterocycles. The van der Waals surface area contributed by atoms with Crippen molar-refractivity contribution in [3.63, 3.8) is 0 Å². The number of aromatic nitrogens is 2. The molecule has 1 aliphatic carbocycles. The molecule has 0 bridgehead atoms. The molecule has 1 aromatic carbocycles. The lowest BCUT2D eigenvalue weighted by atomic mass is 10.0. The van der Waals surface area contributed by atoms with Gasteiger partial charge in [0.05, 0.1) is 5.92 Å². The predicted octanol–water partition coefficient (Wildman–Crippen LogP) is 2.89. The molecule has 1 saturated heterocycles. The van der Waals surface area contributed by atoms with Crippen LogP contribution < -0.4 is 5.32 Å². The van der Waals surface area contributed by atoms with Gasteiger partial charge in [-0.15, -0.1) is 0 Å². The zero-order valence-corrected chi connectivity index (χ0v) is 12.5. The molecule has 2 aliphatic rings. The van der Waals surface area contributed by atoms with Crippen LogP contribution in [0.1, 0.15) is 42.0 Å². The van der Waals surface area contributed by atoms with Gasteiger partial charge in [0.1, 0.15) is 0 Å². The van der Waals surface area contributed by atoms with Crippen LogP contribution >= 0.6 is 0 Å². The first kappa shape index (κ1) is 13.3. The standard InChI is InChI=1S/C16H18N4O2/c1-10-3-2-4-13(7-10)17-16(21)20-8-12(9-20)15-18-14(19-22-15)11-5-6-11/h2-4,7,11-12H,5-6,8-9H2,1H3,(H,17,21). The van der Waals surface area contributed by atoms with Crippen LogP contribution in [0.15, 0.2) is 28.8 Å². The van der Waals surface area contributed by atoms with Crippen LogP contribution in [0.25, 0.3) is 0 Å². The van der Waals surface area contributed by atoms with E-state index >= 15 is 0 Å². The number of carbonyl (C=O) groups is 1. The number of carbonyl (C=O) groups excluding carboxylic acids is 1. The Balaban J connectivity index is 1.33. The average molecular weight is 298 g/mol. The van der Waals surface area contributed by atoms with Gasteiger partial charge >= 0.3 is 6.03 Å². The molecule has 1 N–H and O–H groups in total. The molecule has 2 fully saturated rings. The van der Waals surface area contributed by atoms with E-state index in [2.05, 4.69) is 15.5 Å². The van der Waals surface area contributed by atoms with Crippen LogP contribution in [0.3, 0.4) is 0 Å². The van der Waals surface area contributed by atoms with Gasteiger partial charge < -0.3 is 14.7 Å². The number of nitrogens with zero attached hydrogens (tertiary/aromatic N) is 3. The lowest BCUT2D eigenvalue weighted by molar-refractivity contribution is 0.147. The van der Waals surface area contributed by atoms with Crippen molar-refractivity contribution in [3.8, 4) is 0 Å². The molecule has 1 aromatic heterocycles. The molecule has 1 aliphatic heterocycles. The fraction of sp³-hybridized carbons (Fsp3) is 0.438. The molecule has 114 valence electrons. The van der Waals surface area contributed by atoms with Gasteiger partial charge in [-0.1, -0.05) is 17.3 Å². The Bertz CT molecular complexity index is 702. The molecule has 6 nitrogen and oxygen atoms in total. The summed E-state index contributed by atoms with van der Waals surface area (Å²) in [4.78, 5) is 18.4. The zero-order chi connectivity index (χ0) is 15.1. The summed E-state index contributed by atoms with van der Waals surface area (Å²) < 4.78 is 5.31. The lowest BCUT2D eigenvalue weighted by Gasteiger charge is -2.36. The topological polar surface area (TPSA) is 71.3 Å². The van der Waals surface area contributed by atoms with Crippen molar-refractivity contribution < 1.29 is 9.32 Å². The van der Waals surface area contributed by atoms with E-state index in [1.165, 1.54) is 0 Å². The Labute approximate surface area is 128 Å². The zero-order valence-electron chi connectivity index (χ0n) is 12.5. The summed E-state index contributed by atoms with van der Waals surface area (Å²) >= 11 is 0. The largest absolute Gasteiger partial charge is 0.339 e. The Morgan fingerprint density at radius 1 is 1.32 bits per heavy atom. The Kier molecular flexibility index (Phi) is 3.10. The quantitative estimate of drug-likeness (QED) is 0.945. The monoisotopic (exact) mass is 298 g/mol. The van der Waals surface area contributed by atoms with Crippen LogP contribution in [0.4, 0.5) is 10.5 Å². The number of nitrogens with one attached hydrogen (secondary N) is 1. The molecule has 6 heteroatoms. The van der Waals surface area contributed by atoms with Gasteiger partial charge in [-0.2, -0.15) is 4.98 Å². The van der Waals surface area contributed by atoms with E-state index in [0.717, 1.165) is 29.9 Å². The molecule has 0 atom stereocenters. The lowest BCUT2D eigenvalue weighted by Crippen LogP contribution is -2.50. The Morgan fingerprint density at radius 3 is 2.86 bits per heavy atom. The van der Waals surface area contributed by atoms with Gasteiger partial charge in [0.2, 0.25) is 5.89 Å². The number of aryl methyl sites for hydroxylation is 1. The summed E-state index contributed by atoms with van der Waals surface area (Å²) in [6.07, 6.45) is 2.32. The minimum absolute atomic E-state index is 0.0798. The van der Waals surface area contributed by atoms with E-state index in [4.69, 9.17) is 4.52 Å². The molecular formula is C16H18N4O2.